The number of aromatic nitrogens is 2. The van der Waals surface area contributed by atoms with Crippen molar-refractivity contribution in [3.63, 3.8) is 0 Å². The maximum atomic E-state index is 14.4. The van der Waals surface area contributed by atoms with Gasteiger partial charge in [-0.1, -0.05) is 31.5 Å². The summed E-state index contributed by atoms with van der Waals surface area (Å²) in [6.45, 7) is 8.18. The van der Waals surface area contributed by atoms with E-state index in [2.05, 4.69) is 31.9 Å². The van der Waals surface area contributed by atoms with Crippen LogP contribution in [0.5, 0.6) is 0 Å². The third kappa shape index (κ3) is 7.77. The van der Waals surface area contributed by atoms with E-state index >= 15 is 0 Å². The third-order valence-corrected chi connectivity index (χ3v) is 7.92. The van der Waals surface area contributed by atoms with Crippen LogP contribution in [0.25, 0.3) is 5.69 Å². The van der Waals surface area contributed by atoms with E-state index in [9.17, 15) is 13.6 Å². The Morgan fingerprint density at radius 1 is 1.20 bits per heavy atom. The highest BCUT2D eigenvalue weighted by Crippen LogP contribution is 2.26. The van der Waals surface area contributed by atoms with E-state index in [-0.39, 0.29) is 11.9 Å². The van der Waals surface area contributed by atoms with E-state index in [0.29, 0.717) is 30.6 Å². The van der Waals surface area contributed by atoms with Crippen molar-refractivity contribution in [1.82, 2.24) is 25.1 Å². The summed E-state index contributed by atoms with van der Waals surface area (Å²) in [5.41, 5.74) is 3.40. The molecule has 1 saturated heterocycles. The van der Waals surface area contributed by atoms with Gasteiger partial charge >= 0.3 is 0 Å². The predicted octanol–water partition coefficient (Wildman–Crippen LogP) is 3.83. The first-order valence-electron chi connectivity index (χ1n) is 14.7. The molecule has 1 aliphatic carbocycles. The smallest absolute Gasteiger partial charge is 0.242 e. The number of halogens is 2. The second-order valence-corrected chi connectivity index (χ2v) is 10.9. The standard InChI is InChI=1S/C31H40F2N6O2/c1-2-5-28(36-25-9-8-22-16-24(32)17-27(33)26(22)18-25)31(40)37-30-20-39(21-35-30)29-7-4-3-6-23(29)19-34-10-11-38-12-14-41-15-13-38/h3-4,6-7,16-17,20-21,25,28,34,36H,2,5,8-15,18-19H2,1H3,(H,37,40)/t25?,28-/m0/s1. The molecule has 10 heteroatoms. The Morgan fingerprint density at radius 3 is 2.85 bits per heavy atom. The summed E-state index contributed by atoms with van der Waals surface area (Å²) >= 11 is 0. The van der Waals surface area contributed by atoms with Crippen molar-refractivity contribution in [2.24, 2.45) is 0 Å². The number of fused-ring (bicyclic) bond motifs is 1. The molecule has 220 valence electrons. The number of carbonyl (C=O) groups is 1. The molecule has 2 aromatic carbocycles. The molecule has 0 saturated carbocycles. The van der Waals surface area contributed by atoms with Crippen LogP contribution in [0.2, 0.25) is 0 Å². The van der Waals surface area contributed by atoms with Gasteiger partial charge in [-0.2, -0.15) is 0 Å². The Labute approximate surface area is 240 Å². The normalized spacial score (nSPS) is 18.2. The highest BCUT2D eigenvalue weighted by molar-refractivity contribution is 5.94. The Balaban J connectivity index is 1.17. The topological polar surface area (TPSA) is 83.5 Å². The quantitative estimate of drug-likeness (QED) is 0.289. The minimum absolute atomic E-state index is 0.0649. The fraction of sp³-hybridized carbons (Fsp3) is 0.484. The number of imidazole rings is 1. The number of rotatable bonds is 12. The van der Waals surface area contributed by atoms with Crippen LogP contribution in [-0.4, -0.2) is 71.8 Å². The van der Waals surface area contributed by atoms with Gasteiger partial charge in [0, 0.05) is 44.8 Å². The van der Waals surface area contributed by atoms with Crippen LogP contribution < -0.4 is 16.0 Å². The first-order chi connectivity index (χ1) is 20.0. The van der Waals surface area contributed by atoms with Crippen molar-refractivity contribution in [2.75, 3.05) is 44.7 Å². The van der Waals surface area contributed by atoms with E-state index in [1.165, 1.54) is 6.07 Å². The summed E-state index contributed by atoms with van der Waals surface area (Å²) in [4.78, 5) is 20.1. The minimum atomic E-state index is -0.544. The molecule has 0 bridgehead atoms. The molecule has 5 rings (SSSR count). The van der Waals surface area contributed by atoms with E-state index in [1.54, 1.807) is 6.33 Å². The van der Waals surface area contributed by atoms with Crippen LogP contribution in [-0.2, 0) is 28.9 Å². The summed E-state index contributed by atoms with van der Waals surface area (Å²) in [5, 5.41) is 9.94. The lowest BCUT2D eigenvalue weighted by Gasteiger charge is -2.29. The van der Waals surface area contributed by atoms with Crippen LogP contribution in [0.4, 0.5) is 14.6 Å². The lowest BCUT2D eigenvalue weighted by Crippen LogP contribution is -2.48. The average molecular weight is 567 g/mol. The van der Waals surface area contributed by atoms with Crippen molar-refractivity contribution < 1.29 is 18.3 Å². The van der Waals surface area contributed by atoms with E-state index in [4.69, 9.17) is 4.74 Å². The van der Waals surface area contributed by atoms with Crippen molar-refractivity contribution in [1.29, 1.82) is 0 Å². The van der Waals surface area contributed by atoms with E-state index in [1.807, 2.05) is 35.9 Å². The summed E-state index contributed by atoms with van der Waals surface area (Å²) in [6.07, 6.45) is 6.72. The first kappa shape index (κ1) is 29.3. The zero-order valence-electron chi connectivity index (χ0n) is 23.7. The summed E-state index contributed by atoms with van der Waals surface area (Å²) in [6, 6.07) is 10.00. The van der Waals surface area contributed by atoms with Gasteiger partial charge in [-0.3, -0.25) is 9.69 Å². The zero-order chi connectivity index (χ0) is 28.6. The molecule has 3 aromatic rings. The van der Waals surface area contributed by atoms with Crippen LogP contribution in [0, 0.1) is 11.6 Å². The molecule has 0 radical (unpaired) electrons. The van der Waals surface area contributed by atoms with Gasteiger partial charge in [0.1, 0.15) is 18.0 Å². The SMILES string of the molecule is CCC[C@H](NC1CCc2cc(F)cc(F)c2C1)C(=O)Nc1cn(-c2ccccc2CNCCN2CCOCC2)cn1. The Kier molecular flexibility index (Phi) is 10.1. The fourth-order valence-corrected chi connectivity index (χ4v) is 5.72. The Hall–Kier alpha value is -3.18. The maximum absolute atomic E-state index is 14.4. The molecular weight excluding hydrogens is 526 g/mol. The molecule has 1 aromatic heterocycles. The summed E-state index contributed by atoms with van der Waals surface area (Å²) < 4.78 is 35.4. The Bertz CT molecular complexity index is 1310. The number of nitrogens with one attached hydrogen (secondary N) is 3. The maximum Gasteiger partial charge on any atom is 0.242 e. The minimum Gasteiger partial charge on any atom is -0.379 e. The van der Waals surface area contributed by atoms with Gasteiger partial charge in [0.15, 0.2) is 5.82 Å². The molecule has 1 aliphatic heterocycles. The second kappa shape index (κ2) is 14.1. The van der Waals surface area contributed by atoms with Crippen LogP contribution in [0.15, 0.2) is 48.9 Å². The molecule has 1 amide bonds. The number of ether oxygens (including phenoxy) is 1. The van der Waals surface area contributed by atoms with Crippen LogP contribution in [0.1, 0.15) is 42.9 Å². The molecule has 1 fully saturated rings. The van der Waals surface area contributed by atoms with Gasteiger partial charge < -0.3 is 25.3 Å². The summed E-state index contributed by atoms with van der Waals surface area (Å²) in [7, 11) is 0. The van der Waals surface area contributed by atoms with Gasteiger partial charge in [0.2, 0.25) is 5.91 Å². The number of hydrogen-bond donors (Lipinski definition) is 3. The lowest BCUT2D eigenvalue weighted by atomic mass is 9.87. The highest BCUT2D eigenvalue weighted by atomic mass is 19.1. The molecular formula is C31H40F2N6O2. The first-order valence-corrected chi connectivity index (χ1v) is 14.7. The number of nitrogens with zero attached hydrogens (tertiary/aromatic N) is 3. The van der Waals surface area contributed by atoms with Crippen LogP contribution in [0.3, 0.4) is 0 Å². The largest absolute Gasteiger partial charge is 0.379 e. The van der Waals surface area contributed by atoms with Crippen molar-refractivity contribution >= 4 is 11.7 Å². The molecule has 3 N–H and O–H groups in total. The molecule has 2 heterocycles. The zero-order valence-corrected chi connectivity index (χ0v) is 23.7. The molecule has 8 nitrogen and oxygen atoms in total. The second-order valence-electron chi connectivity index (χ2n) is 10.9. The van der Waals surface area contributed by atoms with E-state index < -0.39 is 17.7 Å². The number of amides is 1. The predicted molar refractivity (Wildman–Crippen MR) is 155 cm³/mol. The number of anilines is 1. The average Bonchev–Trinajstić information content (AvgIpc) is 3.44. The number of para-hydroxylation sites is 1. The van der Waals surface area contributed by atoms with Gasteiger partial charge in [0.25, 0.3) is 0 Å². The van der Waals surface area contributed by atoms with Gasteiger partial charge in [0.05, 0.1) is 31.1 Å². The number of benzene rings is 2. The van der Waals surface area contributed by atoms with Crippen molar-refractivity contribution in [3.05, 3.63) is 77.2 Å². The molecule has 1 unspecified atom stereocenters. The number of carbonyl (C=O) groups excluding carboxylic acids is 1. The van der Waals surface area contributed by atoms with Gasteiger partial charge in [-0.05, 0) is 54.5 Å². The van der Waals surface area contributed by atoms with Gasteiger partial charge in [-0.25, -0.2) is 13.8 Å². The molecule has 2 aliphatic rings. The van der Waals surface area contributed by atoms with Crippen molar-refractivity contribution in [2.45, 2.75) is 57.7 Å². The van der Waals surface area contributed by atoms with Crippen LogP contribution >= 0.6 is 0 Å². The Morgan fingerprint density at radius 2 is 2.02 bits per heavy atom. The monoisotopic (exact) mass is 566 g/mol. The number of aryl methyl sites for hydroxylation is 1. The number of morpholine rings is 1. The van der Waals surface area contributed by atoms with Gasteiger partial charge in [-0.15, -0.1) is 0 Å². The molecule has 0 spiro atoms. The molecule has 2 atom stereocenters. The highest BCUT2D eigenvalue weighted by Gasteiger charge is 2.27. The lowest BCUT2D eigenvalue weighted by molar-refractivity contribution is -0.118. The third-order valence-electron chi connectivity index (χ3n) is 7.92. The molecule has 41 heavy (non-hydrogen) atoms. The van der Waals surface area contributed by atoms with E-state index in [0.717, 1.165) is 81.7 Å². The van der Waals surface area contributed by atoms with Crippen molar-refractivity contribution in [3.8, 4) is 5.69 Å². The summed E-state index contributed by atoms with van der Waals surface area (Å²) in [5.74, 6) is -0.747. The fourth-order valence-electron chi connectivity index (χ4n) is 5.72. The number of hydrogen-bond acceptors (Lipinski definition) is 6.